The maximum absolute atomic E-state index is 13.3. The van der Waals surface area contributed by atoms with E-state index in [4.69, 9.17) is 4.52 Å². The van der Waals surface area contributed by atoms with Crippen molar-refractivity contribution in [2.24, 2.45) is 0 Å². The standard InChI is InChI=1S/C24H23F3N4O4/c25-24(26,27)18-8-4-6-16(14-18)22-28-21(35-29-22)12-13-30(19-9-2-1-3-10-19)23(32)17-7-5-11-20(15-17)31(33)34/h4-8,11,14-15,19H,1-3,9-10,12-13H2. The van der Waals surface area contributed by atoms with Crippen molar-refractivity contribution in [1.82, 2.24) is 15.0 Å². The average Bonchev–Trinajstić information content (AvgIpc) is 3.33. The molecule has 1 amide bonds. The van der Waals surface area contributed by atoms with E-state index in [2.05, 4.69) is 10.1 Å². The summed E-state index contributed by atoms with van der Waals surface area (Å²) in [6.45, 7) is 0.233. The molecule has 1 aromatic heterocycles. The zero-order valence-electron chi connectivity index (χ0n) is 18.7. The van der Waals surface area contributed by atoms with E-state index in [9.17, 15) is 28.1 Å². The van der Waals surface area contributed by atoms with Gasteiger partial charge in [-0.1, -0.05) is 42.6 Å². The lowest BCUT2D eigenvalue weighted by Crippen LogP contribution is -2.42. The molecular formula is C24H23F3N4O4. The molecule has 0 unspecified atom stereocenters. The van der Waals surface area contributed by atoms with Crippen LogP contribution in [0.15, 0.2) is 53.1 Å². The Hall–Kier alpha value is -3.76. The van der Waals surface area contributed by atoms with Crippen LogP contribution in [0.3, 0.4) is 0 Å². The van der Waals surface area contributed by atoms with Gasteiger partial charge in [0.05, 0.1) is 10.5 Å². The number of rotatable bonds is 7. The topological polar surface area (TPSA) is 102 Å². The normalized spacial score (nSPS) is 14.6. The van der Waals surface area contributed by atoms with Crippen molar-refractivity contribution in [3.63, 3.8) is 0 Å². The fourth-order valence-electron chi connectivity index (χ4n) is 4.29. The third-order valence-electron chi connectivity index (χ3n) is 6.06. The van der Waals surface area contributed by atoms with Gasteiger partial charge in [0.25, 0.3) is 11.6 Å². The molecule has 1 aliphatic rings. The predicted octanol–water partition coefficient (Wildman–Crippen LogP) is 5.68. The van der Waals surface area contributed by atoms with Gasteiger partial charge >= 0.3 is 6.18 Å². The summed E-state index contributed by atoms with van der Waals surface area (Å²) in [6, 6.07) is 10.2. The van der Waals surface area contributed by atoms with Crippen molar-refractivity contribution in [2.45, 2.75) is 50.7 Å². The Kier molecular flexibility index (Phi) is 7.13. The number of non-ortho nitro benzene ring substituents is 1. The van der Waals surface area contributed by atoms with Crippen LogP contribution < -0.4 is 0 Å². The van der Waals surface area contributed by atoms with E-state index in [1.165, 1.54) is 30.3 Å². The second-order valence-corrected chi connectivity index (χ2v) is 8.44. The smallest absolute Gasteiger partial charge is 0.339 e. The number of nitro benzene ring substituents is 1. The van der Waals surface area contributed by atoms with Crippen molar-refractivity contribution in [3.8, 4) is 11.4 Å². The maximum Gasteiger partial charge on any atom is 0.416 e. The Morgan fingerprint density at radius 1 is 1.11 bits per heavy atom. The first-order chi connectivity index (χ1) is 16.7. The molecule has 8 nitrogen and oxygen atoms in total. The number of nitrogens with zero attached hydrogens (tertiary/aromatic N) is 4. The monoisotopic (exact) mass is 488 g/mol. The molecule has 1 heterocycles. The van der Waals surface area contributed by atoms with Gasteiger partial charge in [-0.05, 0) is 31.0 Å². The second kappa shape index (κ2) is 10.2. The summed E-state index contributed by atoms with van der Waals surface area (Å²) in [4.78, 5) is 29.8. The zero-order valence-corrected chi connectivity index (χ0v) is 18.7. The Bertz CT molecular complexity index is 1210. The minimum Gasteiger partial charge on any atom is -0.339 e. The van der Waals surface area contributed by atoms with Gasteiger partial charge < -0.3 is 9.42 Å². The van der Waals surface area contributed by atoms with E-state index in [0.29, 0.717) is 0 Å². The number of alkyl halides is 3. The Morgan fingerprint density at radius 2 is 1.86 bits per heavy atom. The highest BCUT2D eigenvalue weighted by Gasteiger charge is 2.31. The number of carbonyl (C=O) groups excluding carboxylic acids is 1. The van der Waals surface area contributed by atoms with E-state index >= 15 is 0 Å². The van der Waals surface area contributed by atoms with Gasteiger partial charge in [-0.15, -0.1) is 0 Å². The van der Waals surface area contributed by atoms with Gasteiger partial charge in [-0.3, -0.25) is 14.9 Å². The lowest BCUT2D eigenvalue weighted by atomic mass is 9.93. The summed E-state index contributed by atoms with van der Waals surface area (Å²) < 4.78 is 44.3. The van der Waals surface area contributed by atoms with Crippen molar-refractivity contribution in [2.75, 3.05) is 6.54 Å². The highest BCUT2D eigenvalue weighted by molar-refractivity contribution is 5.95. The summed E-state index contributed by atoms with van der Waals surface area (Å²) in [7, 11) is 0. The molecule has 0 aliphatic heterocycles. The molecule has 0 atom stereocenters. The molecule has 2 aromatic carbocycles. The molecule has 35 heavy (non-hydrogen) atoms. The molecule has 1 aliphatic carbocycles. The second-order valence-electron chi connectivity index (χ2n) is 8.44. The molecule has 1 saturated carbocycles. The minimum atomic E-state index is -4.49. The van der Waals surface area contributed by atoms with Gasteiger partial charge in [0.2, 0.25) is 11.7 Å². The Labute approximate surface area is 198 Å². The van der Waals surface area contributed by atoms with Gasteiger partial charge in [-0.25, -0.2) is 0 Å². The van der Waals surface area contributed by atoms with Crippen LogP contribution in [0.4, 0.5) is 18.9 Å². The van der Waals surface area contributed by atoms with E-state index in [-0.39, 0.29) is 53.4 Å². The van der Waals surface area contributed by atoms with Crippen LogP contribution in [0, 0.1) is 10.1 Å². The van der Waals surface area contributed by atoms with Gasteiger partial charge in [0.15, 0.2) is 0 Å². The summed E-state index contributed by atoms with van der Waals surface area (Å²) >= 11 is 0. The van der Waals surface area contributed by atoms with Gasteiger partial charge in [0, 0.05) is 42.3 Å². The maximum atomic E-state index is 13.3. The third kappa shape index (κ3) is 5.84. The van der Waals surface area contributed by atoms with Crippen LogP contribution in [0.2, 0.25) is 0 Å². The van der Waals surface area contributed by atoms with E-state index in [1.54, 1.807) is 11.0 Å². The third-order valence-corrected chi connectivity index (χ3v) is 6.06. The lowest BCUT2D eigenvalue weighted by Gasteiger charge is -2.34. The molecule has 1 fully saturated rings. The van der Waals surface area contributed by atoms with Crippen LogP contribution >= 0.6 is 0 Å². The predicted molar refractivity (Wildman–Crippen MR) is 119 cm³/mol. The fraction of sp³-hybridized carbons (Fsp3) is 0.375. The zero-order chi connectivity index (χ0) is 25.0. The van der Waals surface area contributed by atoms with Gasteiger partial charge in [0.1, 0.15) is 0 Å². The van der Waals surface area contributed by atoms with E-state index in [1.807, 2.05) is 0 Å². The molecule has 0 saturated heterocycles. The van der Waals surface area contributed by atoms with Crippen LogP contribution in [0.1, 0.15) is 53.9 Å². The van der Waals surface area contributed by atoms with Crippen molar-refractivity contribution >= 4 is 11.6 Å². The molecule has 0 N–H and O–H groups in total. The highest BCUT2D eigenvalue weighted by Crippen LogP contribution is 2.31. The fourth-order valence-corrected chi connectivity index (χ4v) is 4.29. The van der Waals surface area contributed by atoms with E-state index in [0.717, 1.165) is 44.2 Å². The first-order valence-electron chi connectivity index (χ1n) is 11.3. The van der Waals surface area contributed by atoms with E-state index < -0.39 is 16.7 Å². The Balaban J connectivity index is 1.52. The molecule has 0 bridgehead atoms. The van der Waals surface area contributed by atoms with Crippen LogP contribution in [0.5, 0.6) is 0 Å². The summed E-state index contributed by atoms with van der Waals surface area (Å²) in [6.07, 6.45) is 0.381. The molecular weight excluding hydrogens is 465 g/mol. The molecule has 184 valence electrons. The number of hydrogen-bond acceptors (Lipinski definition) is 6. The number of hydrogen-bond donors (Lipinski definition) is 0. The van der Waals surface area contributed by atoms with Crippen LogP contribution in [-0.2, 0) is 12.6 Å². The number of carbonyl (C=O) groups is 1. The van der Waals surface area contributed by atoms with Crippen LogP contribution in [-0.4, -0.2) is 38.5 Å². The van der Waals surface area contributed by atoms with Crippen molar-refractivity contribution in [3.05, 3.63) is 75.7 Å². The number of halogens is 3. The Morgan fingerprint density at radius 3 is 2.57 bits per heavy atom. The quantitative estimate of drug-likeness (QED) is 0.313. The summed E-state index contributed by atoms with van der Waals surface area (Å²) in [5, 5.41) is 14.9. The van der Waals surface area contributed by atoms with Crippen molar-refractivity contribution < 1.29 is 27.4 Å². The van der Waals surface area contributed by atoms with Crippen molar-refractivity contribution in [1.29, 1.82) is 0 Å². The van der Waals surface area contributed by atoms with Crippen LogP contribution in [0.25, 0.3) is 11.4 Å². The lowest BCUT2D eigenvalue weighted by molar-refractivity contribution is -0.384. The average molecular weight is 488 g/mol. The molecule has 3 aromatic rings. The number of aromatic nitrogens is 2. The molecule has 0 radical (unpaired) electrons. The first kappa shape index (κ1) is 24.4. The molecule has 0 spiro atoms. The molecule has 11 heteroatoms. The largest absolute Gasteiger partial charge is 0.416 e. The number of nitro groups is 1. The SMILES string of the molecule is O=C(c1cccc([N+](=O)[O-])c1)N(CCc1nc(-c2cccc(C(F)(F)F)c2)no1)C1CCCCC1. The molecule has 4 rings (SSSR count). The number of benzene rings is 2. The summed E-state index contributed by atoms with van der Waals surface area (Å²) in [5.41, 5.74) is -0.582. The highest BCUT2D eigenvalue weighted by atomic mass is 19.4. The minimum absolute atomic E-state index is 0.0265. The number of amides is 1. The first-order valence-corrected chi connectivity index (χ1v) is 11.3. The summed E-state index contributed by atoms with van der Waals surface area (Å²) in [5.74, 6) is -0.108. The van der Waals surface area contributed by atoms with Gasteiger partial charge in [-0.2, -0.15) is 18.2 Å².